The van der Waals surface area contributed by atoms with Gasteiger partial charge in [-0.15, -0.1) is 0 Å². The van der Waals surface area contributed by atoms with Crippen molar-refractivity contribution < 1.29 is 0 Å². The van der Waals surface area contributed by atoms with Crippen LogP contribution < -0.4 is 10.6 Å². The smallest absolute Gasteiger partial charge is 0.0503 e. The summed E-state index contributed by atoms with van der Waals surface area (Å²) in [4.78, 5) is 2.48. The minimum atomic E-state index is 0.569. The summed E-state index contributed by atoms with van der Waals surface area (Å²) in [5.74, 6) is 0. The number of rotatable bonds is 2. The molecule has 0 amide bonds. The Bertz CT molecular complexity index is 768. The van der Waals surface area contributed by atoms with Gasteiger partial charge in [0.05, 0.1) is 5.52 Å². The van der Waals surface area contributed by atoms with Gasteiger partial charge >= 0.3 is 0 Å². The summed E-state index contributed by atoms with van der Waals surface area (Å²) in [6, 6.07) is 19.7. The van der Waals surface area contributed by atoms with Crippen molar-refractivity contribution in [3.8, 4) is 0 Å². The van der Waals surface area contributed by atoms with E-state index >= 15 is 0 Å². The van der Waals surface area contributed by atoms with E-state index in [0.717, 1.165) is 18.8 Å². The van der Waals surface area contributed by atoms with E-state index in [1.807, 2.05) is 6.07 Å². The van der Waals surface area contributed by atoms with E-state index in [9.17, 15) is 0 Å². The van der Waals surface area contributed by atoms with Gasteiger partial charge in [-0.25, -0.2) is 0 Å². The van der Waals surface area contributed by atoms with E-state index in [4.69, 9.17) is 5.73 Å². The van der Waals surface area contributed by atoms with E-state index < -0.39 is 0 Å². The lowest BCUT2D eigenvalue weighted by atomic mass is 10.0. The SMILES string of the molecule is Nc1ccc2ccn(C3CCN(c4ccccc4)CC3)c2c1. The first-order valence-corrected chi connectivity index (χ1v) is 7.97. The first-order chi connectivity index (χ1) is 10.8. The van der Waals surface area contributed by atoms with E-state index in [0.29, 0.717) is 6.04 Å². The molecule has 1 aromatic heterocycles. The van der Waals surface area contributed by atoms with Crippen molar-refractivity contribution >= 4 is 22.3 Å². The summed E-state index contributed by atoms with van der Waals surface area (Å²) in [6.07, 6.45) is 4.56. The predicted octanol–water partition coefficient (Wildman–Crippen LogP) is 4.07. The molecule has 0 radical (unpaired) electrons. The Labute approximate surface area is 131 Å². The van der Waals surface area contributed by atoms with Crippen molar-refractivity contribution in [2.24, 2.45) is 0 Å². The normalized spacial score (nSPS) is 16.3. The second kappa shape index (κ2) is 5.41. The topological polar surface area (TPSA) is 34.2 Å². The Morgan fingerprint density at radius 2 is 1.68 bits per heavy atom. The third kappa shape index (κ3) is 2.33. The molecule has 0 bridgehead atoms. The Balaban J connectivity index is 1.54. The summed E-state index contributed by atoms with van der Waals surface area (Å²) in [5, 5.41) is 1.28. The molecular weight excluding hydrogens is 270 g/mol. The van der Waals surface area contributed by atoms with E-state index in [1.165, 1.54) is 29.4 Å². The lowest BCUT2D eigenvalue weighted by molar-refractivity contribution is 0.406. The summed E-state index contributed by atoms with van der Waals surface area (Å²) in [5.41, 5.74) is 9.40. The van der Waals surface area contributed by atoms with Gasteiger partial charge in [0, 0.05) is 36.7 Å². The van der Waals surface area contributed by atoms with Gasteiger partial charge in [-0.05, 0) is 48.6 Å². The number of aromatic nitrogens is 1. The second-order valence-corrected chi connectivity index (χ2v) is 6.10. The van der Waals surface area contributed by atoms with Crippen LogP contribution in [0.3, 0.4) is 0 Å². The Morgan fingerprint density at radius 3 is 2.45 bits per heavy atom. The third-order valence-electron chi connectivity index (χ3n) is 4.73. The van der Waals surface area contributed by atoms with Crippen LogP contribution in [0.4, 0.5) is 11.4 Å². The highest BCUT2D eigenvalue weighted by atomic mass is 15.2. The first-order valence-electron chi connectivity index (χ1n) is 7.97. The molecule has 112 valence electrons. The van der Waals surface area contributed by atoms with Gasteiger partial charge in [0.1, 0.15) is 0 Å². The van der Waals surface area contributed by atoms with Crippen LogP contribution in [-0.4, -0.2) is 17.7 Å². The number of anilines is 2. The second-order valence-electron chi connectivity index (χ2n) is 6.10. The minimum absolute atomic E-state index is 0.569. The largest absolute Gasteiger partial charge is 0.399 e. The van der Waals surface area contributed by atoms with E-state index in [2.05, 4.69) is 64.2 Å². The minimum Gasteiger partial charge on any atom is -0.399 e. The summed E-state index contributed by atoms with van der Waals surface area (Å²) in [7, 11) is 0. The molecule has 2 N–H and O–H groups in total. The maximum absolute atomic E-state index is 5.96. The molecule has 1 aliphatic rings. The molecule has 1 fully saturated rings. The number of piperidine rings is 1. The van der Waals surface area contributed by atoms with E-state index in [1.54, 1.807) is 0 Å². The molecule has 1 aliphatic heterocycles. The Hall–Kier alpha value is -2.42. The van der Waals surface area contributed by atoms with Crippen LogP contribution in [0.5, 0.6) is 0 Å². The fourth-order valence-electron chi connectivity index (χ4n) is 3.53. The fraction of sp³-hybridized carbons (Fsp3) is 0.263. The number of fused-ring (bicyclic) bond motifs is 1. The van der Waals surface area contributed by atoms with Crippen molar-refractivity contribution in [1.29, 1.82) is 0 Å². The molecule has 0 saturated carbocycles. The molecule has 22 heavy (non-hydrogen) atoms. The molecule has 3 heteroatoms. The molecule has 1 saturated heterocycles. The molecular formula is C19H21N3. The standard InChI is InChI=1S/C19H21N3/c20-16-7-6-15-8-13-22(19(15)14-16)18-9-11-21(12-10-18)17-4-2-1-3-5-17/h1-8,13-14,18H,9-12,20H2. The summed E-state index contributed by atoms with van der Waals surface area (Å²) < 4.78 is 2.41. The van der Waals surface area contributed by atoms with Crippen LogP contribution in [0.2, 0.25) is 0 Å². The number of nitrogens with two attached hydrogens (primary N) is 1. The molecule has 3 nitrogen and oxygen atoms in total. The molecule has 0 spiro atoms. The molecule has 0 aliphatic carbocycles. The zero-order valence-corrected chi connectivity index (χ0v) is 12.7. The predicted molar refractivity (Wildman–Crippen MR) is 93.3 cm³/mol. The van der Waals surface area contributed by atoms with Crippen LogP contribution in [0, 0.1) is 0 Å². The number of benzene rings is 2. The van der Waals surface area contributed by atoms with Gasteiger partial charge in [-0.3, -0.25) is 0 Å². The lowest BCUT2D eigenvalue weighted by Crippen LogP contribution is -2.34. The maximum atomic E-state index is 5.96. The quantitative estimate of drug-likeness (QED) is 0.722. The van der Waals surface area contributed by atoms with Crippen LogP contribution in [-0.2, 0) is 0 Å². The van der Waals surface area contributed by atoms with Crippen molar-refractivity contribution in [1.82, 2.24) is 4.57 Å². The van der Waals surface area contributed by atoms with Crippen LogP contribution >= 0.6 is 0 Å². The molecule has 2 aromatic carbocycles. The van der Waals surface area contributed by atoms with Crippen molar-refractivity contribution in [3.63, 3.8) is 0 Å². The van der Waals surface area contributed by atoms with Crippen molar-refractivity contribution in [2.75, 3.05) is 23.7 Å². The van der Waals surface area contributed by atoms with Gasteiger partial charge in [0.2, 0.25) is 0 Å². The van der Waals surface area contributed by atoms with Gasteiger partial charge in [0.15, 0.2) is 0 Å². The highest BCUT2D eigenvalue weighted by Crippen LogP contribution is 2.30. The monoisotopic (exact) mass is 291 g/mol. The van der Waals surface area contributed by atoms with Gasteiger partial charge in [-0.2, -0.15) is 0 Å². The summed E-state index contributed by atoms with van der Waals surface area (Å²) >= 11 is 0. The lowest BCUT2D eigenvalue weighted by Gasteiger charge is -2.34. The number of nitrogen functional groups attached to an aromatic ring is 1. The zero-order chi connectivity index (χ0) is 14.9. The molecule has 0 atom stereocenters. The highest BCUT2D eigenvalue weighted by molar-refractivity contribution is 5.83. The fourth-order valence-corrected chi connectivity index (χ4v) is 3.53. The molecule has 0 unspecified atom stereocenters. The van der Waals surface area contributed by atoms with Crippen LogP contribution in [0.1, 0.15) is 18.9 Å². The van der Waals surface area contributed by atoms with Crippen LogP contribution in [0.25, 0.3) is 10.9 Å². The number of hydrogen-bond donors (Lipinski definition) is 1. The number of nitrogens with zero attached hydrogens (tertiary/aromatic N) is 2. The first kappa shape index (κ1) is 13.3. The van der Waals surface area contributed by atoms with Crippen LogP contribution in [0.15, 0.2) is 60.8 Å². The number of para-hydroxylation sites is 1. The Kier molecular flexibility index (Phi) is 3.26. The zero-order valence-electron chi connectivity index (χ0n) is 12.7. The average molecular weight is 291 g/mol. The molecule has 3 aromatic rings. The van der Waals surface area contributed by atoms with Crippen molar-refractivity contribution in [3.05, 3.63) is 60.8 Å². The number of hydrogen-bond acceptors (Lipinski definition) is 2. The average Bonchev–Trinajstić information content (AvgIpc) is 2.99. The van der Waals surface area contributed by atoms with Crippen molar-refractivity contribution in [2.45, 2.75) is 18.9 Å². The van der Waals surface area contributed by atoms with Gasteiger partial charge < -0.3 is 15.2 Å². The molecule has 2 heterocycles. The van der Waals surface area contributed by atoms with Gasteiger partial charge in [-0.1, -0.05) is 24.3 Å². The van der Waals surface area contributed by atoms with Gasteiger partial charge in [0.25, 0.3) is 0 Å². The maximum Gasteiger partial charge on any atom is 0.0503 e. The van der Waals surface area contributed by atoms with E-state index in [-0.39, 0.29) is 0 Å². The highest BCUT2D eigenvalue weighted by Gasteiger charge is 2.21. The third-order valence-corrected chi connectivity index (χ3v) is 4.73. The summed E-state index contributed by atoms with van der Waals surface area (Å²) in [6.45, 7) is 2.22. The molecule has 4 rings (SSSR count). The Morgan fingerprint density at radius 1 is 0.909 bits per heavy atom.